The van der Waals surface area contributed by atoms with E-state index >= 15 is 0 Å². The van der Waals surface area contributed by atoms with Gasteiger partial charge in [0.15, 0.2) is 0 Å². The molecule has 0 bridgehead atoms. The van der Waals surface area contributed by atoms with E-state index in [1.54, 1.807) is 7.11 Å². The van der Waals surface area contributed by atoms with Gasteiger partial charge in [-0.3, -0.25) is 4.79 Å². The number of hydrogen-bond donors (Lipinski definition) is 1. The van der Waals surface area contributed by atoms with Gasteiger partial charge in [-0.25, -0.2) is 0 Å². The molecule has 1 amide bonds. The first-order valence-corrected chi connectivity index (χ1v) is 12.4. The Balaban J connectivity index is 1.29. The summed E-state index contributed by atoms with van der Waals surface area (Å²) < 4.78 is 5.32. The Kier molecular flexibility index (Phi) is 6.49. The normalized spacial score (nSPS) is 13.9. The number of carbonyl (C=O) groups is 1. The number of aromatic amines is 1. The number of anilines is 1. The quantitative estimate of drug-likeness (QED) is 0.393. The van der Waals surface area contributed by atoms with E-state index in [0.717, 1.165) is 48.7 Å². The molecular formula is C30H33N3O2. The van der Waals surface area contributed by atoms with Gasteiger partial charge in [0, 0.05) is 54.9 Å². The van der Waals surface area contributed by atoms with E-state index in [2.05, 4.69) is 72.3 Å². The highest BCUT2D eigenvalue weighted by molar-refractivity contribution is 5.91. The second-order valence-corrected chi connectivity index (χ2v) is 9.34. The number of aryl methyl sites for hydroxylation is 2. The average molecular weight is 468 g/mol. The fourth-order valence-corrected chi connectivity index (χ4v) is 5.13. The Morgan fingerprint density at radius 2 is 1.66 bits per heavy atom. The number of methoxy groups -OCH3 is 1. The minimum atomic E-state index is 0.233. The van der Waals surface area contributed by atoms with Gasteiger partial charge in [-0.1, -0.05) is 30.3 Å². The third kappa shape index (κ3) is 4.63. The Labute approximate surface area is 207 Å². The SMILES string of the molecule is COc1ccc(-c2[nH]c3ccccc3c2CCC(=O)N2CCN(c3cccc(C)c3C)CC2)cc1. The summed E-state index contributed by atoms with van der Waals surface area (Å²) in [7, 11) is 1.68. The summed E-state index contributed by atoms with van der Waals surface area (Å²) in [5, 5.41) is 1.19. The second kappa shape index (κ2) is 9.87. The number of amides is 1. The van der Waals surface area contributed by atoms with Gasteiger partial charge in [-0.2, -0.15) is 0 Å². The van der Waals surface area contributed by atoms with Crippen LogP contribution >= 0.6 is 0 Å². The molecule has 35 heavy (non-hydrogen) atoms. The van der Waals surface area contributed by atoms with E-state index in [4.69, 9.17) is 4.74 Å². The number of nitrogens with zero attached hydrogens (tertiary/aromatic N) is 2. The summed E-state index contributed by atoms with van der Waals surface area (Å²) in [5.41, 5.74) is 8.43. The number of benzene rings is 3. The van der Waals surface area contributed by atoms with Crippen molar-refractivity contribution < 1.29 is 9.53 Å². The molecule has 5 rings (SSSR count). The van der Waals surface area contributed by atoms with E-state index in [1.807, 2.05) is 23.1 Å². The fourth-order valence-electron chi connectivity index (χ4n) is 5.13. The molecule has 180 valence electrons. The first-order valence-electron chi connectivity index (χ1n) is 12.4. The zero-order chi connectivity index (χ0) is 24.4. The van der Waals surface area contributed by atoms with Crippen LogP contribution in [-0.4, -0.2) is 49.1 Å². The standard InChI is InChI=1S/C30H33N3O2/c1-21-7-6-10-28(22(21)2)32-17-19-33(20-18-32)29(34)16-15-26-25-8-4-5-9-27(25)31-30(26)23-11-13-24(35-3)14-12-23/h4-14,31H,15-20H2,1-3H3. The zero-order valence-electron chi connectivity index (χ0n) is 20.8. The predicted octanol–water partition coefficient (Wildman–Crippen LogP) is 5.74. The molecule has 0 saturated carbocycles. The van der Waals surface area contributed by atoms with Crippen molar-refractivity contribution in [1.82, 2.24) is 9.88 Å². The minimum Gasteiger partial charge on any atom is -0.497 e. The number of ether oxygens (including phenoxy) is 1. The molecule has 1 aliphatic rings. The molecular weight excluding hydrogens is 434 g/mol. The topological polar surface area (TPSA) is 48.6 Å². The van der Waals surface area contributed by atoms with Gasteiger partial charge in [-0.15, -0.1) is 0 Å². The maximum atomic E-state index is 13.2. The Hall–Kier alpha value is -3.73. The van der Waals surface area contributed by atoms with Crippen molar-refractivity contribution >= 4 is 22.5 Å². The maximum Gasteiger partial charge on any atom is 0.223 e. The van der Waals surface area contributed by atoms with Gasteiger partial charge < -0.3 is 19.5 Å². The van der Waals surface area contributed by atoms with Crippen LogP contribution in [-0.2, 0) is 11.2 Å². The molecule has 4 aromatic rings. The maximum absolute atomic E-state index is 13.2. The summed E-state index contributed by atoms with van der Waals surface area (Å²) in [6, 6.07) is 22.9. The summed E-state index contributed by atoms with van der Waals surface area (Å²) in [5.74, 6) is 1.07. The van der Waals surface area contributed by atoms with Gasteiger partial charge in [0.2, 0.25) is 5.91 Å². The fraction of sp³-hybridized carbons (Fsp3) is 0.300. The average Bonchev–Trinajstić information content (AvgIpc) is 3.27. The number of carbonyl (C=O) groups excluding carboxylic acids is 1. The number of hydrogen-bond acceptors (Lipinski definition) is 3. The molecule has 0 atom stereocenters. The van der Waals surface area contributed by atoms with E-state index in [-0.39, 0.29) is 5.91 Å². The molecule has 1 aliphatic heterocycles. The van der Waals surface area contributed by atoms with Gasteiger partial charge in [0.1, 0.15) is 5.75 Å². The Bertz CT molecular complexity index is 1330. The summed E-state index contributed by atoms with van der Waals surface area (Å²) in [6.45, 7) is 7.63. The van der Waals surface area contributed by atoms with Crippen LogP contribution < -0.4 is 9.64 Å². The van der Waals surface area contributed by atoms with E-state index in [9.17, 15) is 4.79 Å². The van der Waals surface area contributed by atoms with Crippen molar-refractivity contribution in [2.24, 2.45) is 0 Å². The molecule has 0 radical (unpaired) electrons. The third-order valence-corrected chi connectivity index (χ3v) is 7.33. The number of H-pyrrole nitrogens is 1. The summed E-state index contributed by atoms with van der Waals surface area (Å²) in [6.07, 6.45) is 1.22. The van der Waals surface area contributed by atoms with Crippen LogP contribution in [0.25, 0.3) is 22.2 Å². The van der Waals surface area contributed by atoms with Crippen molar-refractivity contribution in [3.63, 3.8) is 0 Å². The lowest BCUT2D eigenvalue weighted by Crippen LogP contribution is -2.49. The molecule has 5 heteroatoms. The summed E-state index contributed by atoms with van der Waals surface area (Å²) >= 11 is 0. The molecule has 0 unspecified atom stereocenters. The van der Waals surface area contributed by atoms with E-state index in [0.29, 0.717) is 12.8 Å². The van der Waals surface area contributed by atoms with Crippen LogP contribution in [0.15, 0.2) is 66.7 Å². The molecule has 1 saturated heterocycles. The second-order valence-electron chi connectivity index (χ2n) is 9.34. The molecule has 2 heterocycles. The highest BCUT2D eigenvalue weighted by atomic mass is 16.5. The Morgan fingerprint density at radius 3 is 2.40 bits per heavy atom. The van der Waals surface area contributed by atoms with Crippen LogP contribution in [0.1, 0.15) is 23.1 Å². The monoisotopic (exact) mass is 467 g/mol. The molecule has 1 N–H and O–H groups in total. The number of nitrogens with one attached hydrogen (secondary N) is 1. The van der Waals surface area contributed by atoms with Crippen molar-refractivity contribution in [3.05, 3.63) is 83.4 Å². The smallest absolute Gasteiger partial charge is 0.223 e. The van der Waals surface area contributed by atoms with Gasteiger partial charge in [0.05, 0.1) is 7.11 Å². The van der Waals surface area contributed by atoms with Crippen molar-refractivity contribution in [2.45, 2.75) is 26.7 Å². The third-order valence-electron chi connectivity index (χ3n) is 7.33. The van der Waals surface area contributed by atoms with Crippen LogP contribution in [0.3, 0.4) is 0 Å². The molecule has 3 aromatic carbocycles. The lowest BCUT2D eigenvalue weighted by Gasteiger charge is -2.37. The molecule has 1 aromatic heterocycles. The lowest BCUT2D eigenvalue weighted by atomic mass is 10.0. The zero-order valence-corrected chi connectivity index (χ0v) is 20.8. The molecule has 5 nitrogen and oxygen atoms in total. The van der Waals surface area contributed by atoms with Gasteiger partial charge in [-0.05, 0) is 78.9 Å². The number of para-hydroxylation sites is 1. The van der Waals surface area contributed by atoms with Crippen molar-refractivity contribution in [1.29, 1.82) is 0 Å². The number of fused-ring (bicyclic) bond motifs is 1. The number of rotatable bonds is 6. The number of aromatic nitrogens is 1. The van der Waals surface area contributed by atoms with Crippen LogP contribution in [0.4, 0.5) is 5.69 Å². The summed E-state index contributed by atoms with van der Waals surface area (Å²) in [4.78, 5) is 21.2. The van der Waals surface area contributed by atoms with Crippen LogP contribution in [0.2, 0.25) is 0 Å². The van der Waals surface area contributed by atoms with E-state index < -0.39 is 0 Å². The molecule has 1 fully saturated rings. The van der Waals surface area contributed by atoms with Crippen LogP contribution in [0, 0.1) is 13.8 Å². The Morgan fingerprint density at radius 1 is 0.914 bits per heavy atom. The van der Waals surface area contributed by atoms with Crippen molar-refractivity contribution in [2.75, 3.05) is 38.2 Å². The van der Waals surface area contributed by atoms with E-state index in [1.165, 1.54) is 27.8 Å². The molecule has 0 spiro atoms. The largest absolute Gasteiger partial charge is 0.497 e. The highest BCUT2D eigenvalue weighted by Crippen LogP contribution is 2.32. The first kappa shape index (κ1) is 23.0. The number of piperazine rings is 1. The lowest BCUT2D eigenvalue weighted by molar-refractivity contribution is -0.131. The van der Waals surface area contributed by atoms with Crippen LogP contribution in [0.5, 0.6) is 5.75 Å². The first-order chi connectivity index (χ1) is 17.0. The van der Waals surface area contributed by atoms with Gasteiger partial charge >= 0.3 is 0 Å². The predicted molar refractivity (Wildman–Crippen MR) is 143 cm³/mol. The minimum absolute atomic E-state index is 0.233. The molecule has 0 aliphatic carbocycles. The van der Waals surface area contributed by atoms with Gasteiger partial charge in [0.25, 0.3) is 0 Å². The highest BCUT2D eigenvalue weighted by Gasteiger charge is 2.23. The van der Waals surface area contributed by atoms with Crippen molar-refractivity contribution in [3.8, 4) is 17.0 Å².